The average Bonchev–Trinajstić information content (AvgIpc) is 3.15. The molecule has 0 saturated heterocycles. The summed E-state index contributed by atoms with van der Waals surface area (Å²) >= 11 is 2.81. The van der Waals surface area contributed by atoms with Crippen LogP contribution in [0.3, 0.4) is 0 Å². The topological polar surface area (TPSA) is 66.9 Å². The van der Waals surface area contributed by atoms with Crippen molar-refractivity contribution < 1.29 is 9.18 Å². The van der Waals surface area contributed by atoms with Gasteiger partial charge in [0.05, 0.1) is 20.4 Å². The van der Waals surface area contributed by atoms with Crippen LogP contribution in [0.5, 0.6) is 0 Å². The SMILES string of the molecule is CNC(=O)c1ccc2nc(Nc3nc4ccc(F)cc4s3)sc2c1. The molecule has 0 aliphatic rings. The molecular weight excluding hydrogens is 347 g/mol. The summed E-state index contributed by atoms with van der Waals surface area (Å²) in [5, 5.41) is 7.09. The van der Waals surface area contributed by atoms with Crippen molar-refractivity contribution in [3.8, 4) is 0 Å². The minimum atomic E-state index is -0.278. The summed E-state index contributed by atoms with van der Waals surface area (Å²) in [4.78, 5) is 20.6. The highest BCUT2D eigenvalue weighted by molar-refractivity contribution is 7.24. The van der Waals surface area contributed by atoms with Crippen LogP contribution >= 0.6 is 22.7 Å². The Morgan fingerprint density at radius 2 is 1.62 bits per heavy atom. The van der Waals surface area contributed by atoms with E-state index in [2.05, 4.69) is 20.6 Å². The van der Waals surface area contributed by atoms with Crippen LogP contribution in [0.25, 0.3) is 20.4 Å². The first-order valence-electron chi connectivity index (χ1n) is 7.08. The predicted octanol–water partition coefficient (Wildman–Crippen LogP) is 4.15. The first-order valence-corrected chi connectivity index (χ1v) is 8.71. The number of aromatic nitrogens is 2. The minimum Gasteiger partial charge on any atom is -0.355 e. The van der Waals surface area contributed by atoms with Gasteiger partial charge in [-0.25, -0.2) is 14.4 Å². The second-order valence-corrected chi connectivity index (χ2v) is 7.10. The van der Waals surface area contributed by atoms with Crippen molar-refractivity contribution >= 4 is 59.3 Å². The lowest BCUT2D eigenvalue weighted by atomic mass is 10.2. The smallest absolute Gasteiger partial charge is 0.251 e. The lowest BCUT2D eigenvalue weighted by Gasteiger charge is -1.97. The van der Waals surface area contributed by atoms with Gasteiger partial charge in [-0.1, -0.05) is 22.7 Å². The van der Waals surface area contributed by atoms with E-state index in [4.69, 9.17) is 0 Å². The molecule has 2 aromatic carbocycles. The first kappa shape index (κ1) is 15.0. The molecule has 8 heteroatoms. The Morgan fingerprint density at radius 1 is 1.00 bits per heavy atom. The Hall–Kier alpha value is -2.58. The first-order chi connectivity index (χ1) is 11.6. The highest BCUT2D eigenvalue weighted by Gasteiger charge is 2.10. The van der Waals surface area contributed by atoms with Crippen LogP contribution in [0, 0.1) is 5.82 Å². The van der Waals surface area contributed by atoms with Crippen molar-refractivity contribution in [2.75, 3.05) is 12.4 Å². The minimum absolute atomic E-state index is 0.131. The molecule has 5 nitrogen and oxygen atoms in total. The van der Waals surface area contributed by atoms with Crippen molar-refractivity contribution in [1.29, 1.82) is 0 Å². The maximum absolute atomic E-state index is 13.3. The van der Waals surface area contributed by atoms with E-state index < -0.39 is 0 Å². The van der Waals surface area contributed by atoms with Crippen molar-refractivity contribution in [1.82, 2.24) is 15.3 Å². The van der Waals surface area contributed by atoms with Crippen LogP contribution in [0.1, 0.15) is 10.4 Å². The number of benzene rings is 2. The molecule has 0 saturated carbocycles. The molecule has 2 heterocycles. The second kappa shape index (κ2) is 5.81. The molecule has 0 aliphatic heterocycles. The molecule has 4 rings (SSSR count). The van der Waals surface area contributed by atoms with Gasteiger partial charge in [-0.3, -0.25) is 4.79 Å². The van der Waals surface area contributed by atoms with Crippen LogP contribution in [0.2, 0.25) is 0 Å². The van der Waals surface area contributed by atoms with Crippen molar-refractivity contribution in [2.24, 2.45) is 0 Å². The van der Waals surface area contributed by atoms with Gasteiger partial charge in [-0.15, -0.1) is 0 Å². The zero-order valence-corrected chi connectivity index (χ0v) is 14.1. The molecule has 2 N–H and O–H groups in total. The standard InChI is InChI=1S/C16H11FN4OS2/c1-18-14(22)8-2-4-10-12(6-8)23-15(19-10)21-16-20-11-5-3-9(17)7-13(11)24-16/h2-7H,1H3,(H,18,22)(H,19,20,21). The third-order valence-corrected chi connectivity index (χ3v) is 5.31. The number of amides is 1. The number of anilines is 2. The van der Waals surface area contributed by atoms with Gasteiger partial charge in [0, 0.05) is 12.6 Å². The van der Waals surface area contributed by atoms with Gasteiger partial charge in [0.25, 0.3) is 5.91 Å². The van der Waals surface area contributed by atoms with E-state index in [0.717, 1.165) is 20.4 Å². The molecule has 120 valence electrons. The summed E-state index contributed by atoms with van der Waals surface area (Å²) in [6.45, 7) is 0. The monoisotopic (exact) mass is 358 g/mol. The fourth-order valence-corrected chi connectivity index (χ4v) is 4.17. The summed E-state index contributed by atoms with van der Waals surface area (Å²) < 4.78 is 14.9. The van der Waals surface area contributed by atoms with Gasteiger partial charge in [-0.2, -0.15) is 0 Å². The van der Waals surface area contributed by atoms with Crippen LogP contribution in [-0.4, -0.2) is 22.9 Å². The normalized spacial score (nSPS) is 11.1. The molecule has 24 heavy (non-hydrogen) atoms. The zero-order valence-electron chi connectivity index (χ0n) is 12.5. The van der Waals surface area contributed by atoms with Gasteiger partial charge in [-0.05, 0) is 36.4 Å². The number of nitrogens with one attached hydrogen (secondary N) is 2. The van der Waals surface area contributed by atoms with E-state index in [1.54, 1.807) is 19.2 Å². The second-order valence-electron chi connectivity index (χ2n) is 5.04. The third kappa shape index (κ3) is 2.70. The Kier molecular flexibility index (Phi) is 3.62. The van der Waals surface area contributed by atoms with E-state index in [9.17, 15) is 9.18 Å². The van der Waals surface area contributed by atoms with E-state index in [-0.39, 0.29) is 11.7 Å². The molecule has 1 amide bonds. The van der Waals surface area contributed by atoms with Gasteiger partial charge < -0.3 is 10.6 Å². The maximum Gasteiger partial charge on any atom is 0.251 e. The summed E-state index contributed by atoms with van der Waals surface area (Å²) in [5.41, 5.74) is 2.14. The number of thiazole rings is 2. The van der Waals surface area contributed by atoms with Gasteiger partial charge in [0.1, 0.15) is 5.82 Å². The maximum atomic E-state index is 13.3. The number of halogens is 1. The lowest BCUT2D eigenvalue weighted by molar-refractivity contribution is 0.0963. The van der Waals surface area contributed by atoms with Crippen molar-refractivity contribution in [3.05, 3.63) is 47.8 Å². The molecule has 0 spiro atoms. The third-order valence-electron chi connectivity index (χ3n) is 3.44. The molecule has 0 unspecified atom stereocenters. The van der Waals surface area contributed by atoms with Crippen LogP contribution in [0.15, 0.2) is 36.4 Å². The van der Waals surface area contributed by atoms with Crippen LogP contribution in [-0.2, 0) is 0 Å². The molecular formula is C16H11FN4OS2. The summed E-state index contributed by atoms with van der Waals surface area (Å²) in [6, 6.07) is 9.88. The Bertz CT molecular complexity index is 1070. The fraction of sp³-hybridized carbons (Fsp3) is 0.0625. The lowest BCUT2D eigenvalue weighted by Crippen LogP contribution is -2.17. The van der Waals surface area contributed by atoms with E-state index in [1.807, 2.05) is 12.1 Å². The van der Waals surface area contributed by atoms with Crippen LogP contribution < -0.4 is 10.6 Å². The molecule has 0 aliphatic carbocycles. The number of fused-ring (bicyclic) bond motifs is 2. The molecule has 2 aromatic heterocycles. The zero-order chi connectivity index (χ0) is 16.7. The van der Waals surface area contributed by atoms with Gasteiger partial charge in [0.2, 0.25) is 0 Å². The Labute approximate surface area is 144 Å². The quantitative estimate of drug-likeness (QED) is 0.577. The van der Waals surface area contributed by atoms with Gasteiger partial charge in [0.15, 0.2) is 10.3 Å². The summed E-state index contributed by atoms with van der Waals surface area (Å²) in [7, 11) is 1.60. The molecule has 0 atom stereocenters. The predicted molar refractivity (Wildman–Crippen MR) is 95.9 cm³/mol. The highest BCUT2D eigenvalue weighted by Crippen LogP contribution is 2.32. The molecule has 0 bridgehead atoms. The number of nitrogens with zero attached hydrogens (tertiary/aromatic N) is 2. The largest absolute Gasteiger partial charge is 0.355 e. The average molecular weight is 358 g/mol. The number of carbonyl (C=O) groups is 1. The number of hydrogen-bond acceptors (Lipinski definition) is 6. The molecule has 0 radical (unpaired) electrons. The molecule has 4 aromatic rings. The summed E-state index contributed by atoms with van der Waals surface area (Å²) in [5.74, 6) is -0.410. The highest BCUT2D eigenvalue weighted by atomic mass is 32.1. The van der Waals surface area contributed by atoms with Gasteiger partial charge >= 0.3 is 0 Å². The number of rotatable bonds is 3. The fourth-order valence-electron chi connectivity index (χ4n) is 2.31. The Morgan fingerprint density at radius 3 is 2.29 bits per heavy atom. The van der Waals surface area contributed by atoms with E-state index in [0.29, 0.717) is 15.8 Å². The molecule has 0 fully saturated rings. The number of hydrogen-bond donors (Lipinski definition) is 2. The number of carbonyl (C=O) groups excluding carboxylic acids is 1. The van der Waals surface area contributed by atoms with Crippen molar-refractivity contribution in [3.63, 3.8) is 0 Å². The summed E-state index contributed by atoms with van der Waals surface area (Å²) in [6.07, 6.45) is 0. The Balaban J connectivity index is 1.66. The van der Waals surface area contributed by atoms with E-state index >= 15 is 0 Å². The van der Waals surface area contributed by atoms with Crippen molar-refractivity contribution in [2.45, 2.75) is 0 Å². The van der Waals surface area contributed by atoms with Crippen LogP contribution in [0.4, 0.5) is 14.7 Å². The van der Waals surface area contributed by atoms with E-state index in [1.165, 1.54) is 34.8 Å².